The predicted molar refractivity (Wildman–Crippen MR) is 112 cm³/mol. The first-order valence-electron chi connectivity index (χ1n) is 9.52. The lowest BCUT2D eigenvalue weighted by atomic mass is 10.1. The highest BCUT2D eigenvalue weighted by atomic mass is 16.5. The van der Waals surface area contributed by atoms with E-state index in [4.69, 9.17) is 9.47 Å². The molecule has 0 bridgehead atoms. The van der Waals surface area contributed by atoms with E-state index >= 15 is 0 Å². The van der Waals surface area contributed by atoms with Crippen molar-refractivity contribution < 1.29 is 19.1 Å². The molecule has 6 heteroatoms. The summed E-state index contributed by atoms with van der Waals surface area (Å²) >= 11 is 0. The van der Waals surface area contributed by atoms with Gasteiger partial charge in [0.25, 0.3) is 0 Å². The Bertz CT molecular complexity index is 879. The Kier molecular flexibility index (Phi) is 6.54. The van der Waals surface area contributed by atoms with E-state index in [1.54, 1.807) is 30.1 Å². The van der Waals surface area contributed by atoms with Crippen LogP contribution in [0.3, 0.4) is 0 Å². The summed E-state index contributed by atoms with van der Waals surface area (Å²) in [5, 5.41) is 0. The lowest BCUT2D eigenvalue weighted by Crippen LogP contribution is -2.37. The molecule has 0 N–H and O–H groups in total. The van der Waals surface area contributed by atoms with Gasteiger partial charge >= 0.3 is 0 Å². The van der Waals surface area contributed by atoms with Gasteiger partial charge in [0.2, 0.25) is 11.8 Å². The van der Waals surface area contributed by atoms with Crippen molar-refractivity contribution in [1.29, 1.82) is 0 Å². The van der Waals surface area contributed by atoms with Crippen molar-refractivity contribution in [2.45, 2.75) is 13.0 Å². The minimum Gasteiger partial charge on any atom is -0.497 e. The van der Waals surface area contributed by atoms with Crippen LogP contribution in [-0.2, 0) is 16.1 Å². The van der Waals surface area contributed by atoms with Gasteiger partial charge in [0.15, 0.2) is 0 Å². The summed E-state index contributed by atoms with van der Waals surface area (Å²) in [6.45, 7) is 5.01. The van der Waals surface area contributed by atoms with Crippen LogP contribution in [0.5, 0.6) is 11.5 Å². The fraction of sp³-hybridized carbons (Fsp3) is 0.304. The number of nitrogens with zero attached hydrogens (tertiary/aromatic N) is 2. The molecular formula is C23H26N2O4. The van der Waals surface area contributed by atoms with Gasteiger partial charge in [-0.25, -0.2) is 0 Å². The molecule has 2 aromatic carbocycles. The first-order chi connectivity index (χ1) is 14.0. The molecule has 152 valence electrons. The second-order valence-electron chi connectivity index (χ2n) is 6.96. The third kappa shape index (κ3) is 4.77. The van der Waals surface area contributed by atoms with Crippen molar-refractivity contribution in [3.05, 3.63) is 66.7 Å². The maximum absolute atomic E-state index is 13.2. The van der Waals surface area contributed by atoms with Gasteiger partial charge in [0.1, 0.15) is 11.5 Å². The van der Waals surface area contributed by atoms with Crippen molar-refractivity contribution in [3.8, 4) is 11.5 Å². The summed E-state index contributed by atoms with van der Waals surface area (Å²) < 4.78 is 10.4. The number of carbonyl (C=O) groups excluding carboxylic acids is 2. The molecular weight excluding hydrogens is 368 g/mol. The number of rotatable bonds is 8. The molecule has 0 spiro atoms. The van der Waals surface area contributed by atoms with E-state index in [-0.39, 0.29) is 24.2 Å². The van der Waals surface area contributed by atoms with E-state index in [1.807, 2.05) is 48.5 Å². The highest BCUT2D eigenvalue weighted by Gasteiger charge is 2.37. The quantitative estimate of drug-likeness (QED) is 0.645. The molecule has 1 atom stereocenters. The monoisotopic (exact) mass is 394 g/mol. The number of methoxy groups -OCH3 is 2. The van der Waals surface area contributed by atoms with Crippen molar-refractivity contribution in [1.82, 2.24) is 4.90 Å². The van der Waals surface area contributed by atoms with E-state index in [2.05, 4.69) is 6.58 Å². The van der Waals surface area contributed by atoms with Crippen LogP contribution < -0.4 is 14.4 Å². The number of ether oxygens (including phenoxy) is 2. The zero-order valence-electron chi connectivity index (χ0n) is 16.8. The molecule has 1 unspecified atom stereocenters. The van der Waals surface area contributed by atoms with Gasteiger partial charge in [-0.05, 0) is 29.8 Å². The third-order valence-electron chi connectivity index (χ3n) is 5.03. The van der Waals surface area contributed by atoms with Crippen LogP contribution in [-0.4, -0.2) is 44.0 Å². The van der Waals surface area contributed by atoms with Gasteiger partial charge in [-0.3, -0.25) is 9.59 Å². The van der Waals surface area contributed by atoms with E-state index in [1.165, 1.54) is 0 Å². The maximum Gasteiger partial charge on any atom is 0.228 e. The summed E-state index contributed by atoms with van der Waals surface area (Å²) in [6, 6.07) is 14.9. The van der Waals surface area contributed by atoms with E-state index in [9.17, 15) is 9.59 Å². The smallest absolute Gasteiger partial charge is 0.228 e. The molecule has 29 heavy (non-hydrogen) atoms. The lowest BCUT2D eigenvalue weighted by molar-refractivity contribution is -0.135. The van der Waals surface area contributed by atoms with Crippen LogP contribution in [0, 0.1) is 5.92 Å². The number of amides is 2. The molecule has 1 aliphatic heterocycles. The zero-order valence-corrected chi connectivity index (χ0v) is 16.8. The minimum absolute atomic E-state index is 0.0422. The van der Waals surface area contributed by atoms with Gasteiger partial charge < -0.3 is 19.3 Å². The maximum atomic E-state index is 13.2. The van der Waals surface area contributed by atoms with Crippen LogP contribution in [0.25, 0.3) is 0 Å². The summed E-state index contributed by atoms with van der Waals surface area (Å²) in [6.07, 6.45) is 1.91. The molecule has 2 aromatic rings. The van der Waals surface area contributed by atoms with Crippen LogP contribution in [0.15, 0.2) is 61.2 Å². The number of hydrogen-bond donors (Lipinski definition) is 0. The number of carbonyl (C=O) groups is 2. The first-order valence-corrected chi connectivity index (χ1v) is 9.52. The second kappa shape index (κ2) is 9.28. The van der Waals surface area contributed by atoms with Gasteiger partial charge in [0, 0.05) is 37.8 Å². The third-order valence-corrected chi connectivity index (χ3v) is 5.03. The summed E-state index contributed by atoms with van der Waals surface area (Å²) in [4.78, 5) is 29.1. The zero-order chi connectivity index (χ0) is 20.8. The Morgan fingerprint density at radius 2 is 1.90 bits per heavy atom. The molecule has 0 radical (unpaired) electrons. The summed E-state index contributed by atoms with van der Waals surface area (Å²) in [7, 11) is 3.21. The first kappa shape index (κ1) is 20.5. The van der Waals surface area contributed by atoms with Crippen LogP contribution in [0.4, 0.5) is 5.69 Å². The molecule has 3 rings (SSSR count). The van der Waals surface area contributed by atoms with Gasteiger partial charge in [-0.15, -0.1) is 6.58 Å². The molecule has 0 aliphatic carbocycles. The molecule has 2 amide bonds. The van der Waals surface area contributed by atoms with E-state index < -0.39 is 0 Å². The van der Waals surface area contributed by atoms with Gasteiger partial charge in [0.05, 0.1) is 20.1 Å². The van der Waals surface area contributed by atoms with Crippen LogP contribution in [0.2, 0.25) is 0 Å². The molecule has 1 aliphatic rings. The highest BCUT2D eigenvalue weighted by Crippen LogP contribution is 2.29. The average Bonchev–Trinajstić information content (AvgIpc) is 3.15. The second-order valence-corrected chi connectivity index (χ2v) is 6.96. The topological polar surface area (TPSA) is 59.1 Å². The molecule has 0 aromatic heterocycles. The fourth-order valence-electron chi connectivity index (χ4n) is 3.50. The van der Waals surface area contributed by atoms with E-state index in [0.29, 0.717) is 25.4 Å². The standard InChI is InChI=1S/C23H26N2O4/c1-4-12-24(15-17-8-10-20(28-2)11-9-17)23(27)18-13-22(26)25(16-18)19-6-5-7-21(14-19)29-3/h4-11,14,18H,1,12-13,15-16H2,2-3H3. The van der Waals surface area contributed by atoms with Crippen molar-refractivity contribution in [2.24, 2.45) is 5.92 Å². The number of benzene rings is 2. The number of hydrogen-bond acceptors (Lipinski definition) is 4. The normalized spacial score (nSPS) is 15.9. The molecule has 1 saturated heterocycles. The molecule has 0 saturated carbocycles. The lowest BCUT2D eigenvalue weighted by Gasteiger charge is -2.25. The highest BCUT2D eigenvalue weighted by molar-refractivity contribution is 6.00. The van der Waals surface area contributed by atoms with Gasteiger partial charge in [-0.1, -0.05) is 24.3 Å². The summed E-state index contributed by atoms with van der Waals surface area (Å²) in [5.41, 5.74) is 1.74. The molecule has 1 heterocycles. The minimum atomic E-state index is -0.383. The molecule has 1 fully saturated rings. The van der Waals surface area contributed by atoms with Crippen LogP contribution >= 0.6 is 0 Å². The van der Waals surface area contributed by atoms with Crippen molar-refractivity contribution in [2.75, 3.05) is 32.2 Å². The Morgan fingerprint density at radius 1 is 1.17 bits per heavy atom. The Labute approximate surface area is 171 Å². The van der Waals surface area contributed by atoms with Crippen molar-refractivity contribution >= 4 is 17.5 Å². The van der Waals surface area contributed by atoms with E-state index in [0.717, 1.165) is 17.0 Å². The average molecular weight is 394 g/mol. The summed E-state index contributed by atoms with van der Waals surface area (Å²) in [5.74, 6) is 0.967. The SMILES string of the molecule is C=CCN(Cc1ccc(OC)cc1)C(=O)C1CC(=O)N(c2cccc(OC)c2)C1. The Morgan fingerprint density at radius 3 is 2.55 bits per heavy atom. The molecule has 6 nitrogen and oxygen atoms in total. The fourth-order valence-corrected chi connectivity index (χ4v) is 3.50. The van der Waals surface area contributed by atoms with Gasteiger partial charge in [-0.2, -0.15) is 0 Å². The number of anilines is 1. The van der Waals surface area contributed by atoms with Crippen LogP contribution in [0.1, 0.15) is 12.0 Å². The predicted octanol–water partition coefficient (Wildman–Crippen LogP) is 3.27. The Balaban J connectivity index is 1.72. The van der Waals surface area contributed by atoms with Crippen molar-refractivity contribution in [3.63, 3.8) is 0 Å². The largest absolute Gasteiger partial charge is 0.497 e. The Hall–Kier alpha value is -3.28.